The number of ether oxygens (including phenoxy) is 1. The van der Waals surface area contributed by atoms with Crippen molar-refractivity contribution in [3.63, 3.8) is 0 Å². The zero-order valence-corrected chi connectivity index (χ0v) is 14.2. The third-order valence-electron chi connectivity index (χ3n) is 3.14. The molecule has 2 aromatic rings. The van der Waals surface area contributed by atoms with E-state index in [2.05, 4.69) is 11.9 Å². The van der Waals surface area contributed by atoms with Crippen LogP contribution >= 0.6 is 11.6 Å². The lowest BCUT2D eigenvalue weighted by Gasteiger charge is -2.08. The number of nitriles is 1. The fourth-order valence-electron chi connectivity index (χ4n) is 1.86. The van der Waals surface area contributed by atoms with E-state index in [1.807, 2.05) is 0 Å². The Morgan fingerprint density at radius 1 is 1.16 bits per heavy atom. The molecule has 0 radical (unpaired) electrons. The summed E-state index contributed by atoms with van der Waals surface area (Å²) in [6.45, 7) is 5.01. The zero-order chi connectivity index (χ0) is 18.4. The molecule has 2 N–H and O–H groups in total. The van der Waals surface area contributed by atoms with E-state index < -0.39 is 17.2 Å². The van der Waals surface area contributed by atoms with Gasteiger partial charge in [-0.15, -0.1) is 0 Å². The maximum Gasteiger partial charge on any atom is 0.270 e. The second-order valence-corrected chi connectivity index (χ2v) is 5.59. The molecule has 0 aliphatic heterocycles. The number of nitrogens with zero attached hydrogens (tertiary/aromatic N) is 1. The van der Waals surface area contributed by atoms with E-state index in [1.54, 1.807) is 54.6 Å². The van der Waals surface area contributed by atoms with Gasteiger partial charge in [0.1, 0.15) is 23.3 Å². The third kappa shape index (κ3) is 4.87. The van der Waals surface area contributed by atoms with Crippen LogP contribution in [0.4, 0.5) is 5.69 Å². The number of rotatable bonds is 5. The Kier molecular flexibility index (Phi) is 5.83. The topological polar surface area (TPSA) is 82.3 Å². The van der Waals surface area contributed by atoms with Crippen molar-refractivity contribution in [2.45, 2.75) is 6.92 Å². The van der Waals surface area contributed by atoms with Gasteiger partial charge in [-0.05, 0) is 61.0 Å². The molecule has 0 bridgehead atoms. The summed E-state index contributed by atoms with van der Waals surface area (Å²) in [5.74, 6) is 0.0560. The van der Waals surface area contributed by atoms with Gasteiger partial charge in [0.15, 0.2) is 5.57 Å². The molecule has 6 heteroatoms. The largest absolute Gasteiger partial charge is 0.506 e. The van der Waals surface area contributed by atoms with Crippen molar-refractivity contribution >= 4 is 23.2 Å². The highest BCUT2D eigenvalue weighted by atomic mass is 35.5. The van der Waals surface area contributed by atoms with Crippen molar-refractivity contribution in [2.75, 3.05) is 5.32 Å². The normalized spacial score (nSPS) is 11.1. The van der Waals surface area contributed by atoms with Crippen molar-refractivity contribution in [1.82, 2.24) is 0 Å². The third-order valence-corrected chi connectivity index (χ3v) is 3.39. The Bertz CT molecular complexity index is 863. The summed E-state index contributed by atoms with van der Waals surface area (Å²) in [4.78, 5) is 12.1. The number of carbonyl (C=O) groups is 1. The maximum atomic E-state index is 12.1. The van der Waals surface area contributed by atoms with Crippen LogP contribution in [-0.2, 0) is 4.79 Å². The number of aliphatic hydroxyl groups is 1. The maximum absolute atomic E-state index is 12.1. The molecule has 0 spiro atoms. The standard InChI is InChI=1S/C19H15ClN2O3/c1-12(2)18(23)17(11-21)19(24)22-14-5-9-16(10-6-14)25-15-7-3-13(20)4-8-15/h3-10,23H,1H2,2H3,(H,22,24). The van der Waals surface area contributed by atoms with Gasteiger partial charge in [-0.25, -0.2) is 0 Å². The lowest BCUT2D eigenvalue weighted by Crippen LogP contribution is -2.15. The SMILES string of the molecule is C=C(C)C(O)=C(C#N)C(=O)Nc1ccc(Oc2ccc(Cl)cc2)cc1. The second kappa shape index (κ2) is 8.04. The van der Waals surface area contributed by atoms with Crippen molar-refractivity contribution in [2.24, 2.45) is 0 Å². The zero-order valence-electron chi connectivity index (χ0n) is 13.4. The van der Waals surface area contributed by atoms with Gasteiger partial charge in [-0.3, -0.25) is 4.79 Å². The molecule has 2 rings (SSSR count). The van der Waals surface area contributed by atoms with E-state index in [-0.39, 0.29) is 5.57 Å². The first-order valence-corrected chi connectivity index (χ1v) is 7.62. The molecule has 25 heavy (non-hydrogen) atoms. The van der Waals surface area contributed by atoms with Crippen LogP contribution in [0.3, 0.4) is 0 Å². The molecule has 0 heterocycles. The first-order chi connectivity index (χ1) is 11.9. The van der Waals surface area contributed by atoms with Crippen LogP contribution in [-0.4, -0.2) is 11.0 Å². The number of anilines is 1. The number of allylic oxidation sites excluding steroid dienone is 1. The monoisotopic (exact) mass is 354 g/mol. The van der Waals surface area contributed by atoms with E-state index in [9.17, 15) is 9.90 Å². The van der Waals surface area contributed by atoms with E-state index in [0.717, 1.165) is 0 Å². The molecule has 5 nitrogen and oxygen atoms in total. The van der Waals surface area contributed by atoms with Crippen LogP contribution in [0, 0.1) is 11.3 Å². The molecule has 1 amide bonds. The predicted molar refractivity (Wildman–Crippen MR) is 96.7 cm³/mol. The van der Waals surface area contributed by atoms with Gasteiger partial charge in [0.2, 0.25) is 0 Å². The Labute approximate surface area is 150 Å². The quantitative estimate of drug-likeness (QED) is 0.343. The summed E-state index contributed by atoms with van der Waals surface area (Å²) in [5.41, 5.74) is 0.295. The summed E-state index contributed by atoms with van der Waals surface area (Å²) in [6, 6.07) is 15.2. The molecular formula is C19H15ClN2O3. The number of aliphatic hydroxyl groups excluding tert-OH is 1. The average molecular weight is 355 g/mol. The Balaban J connectivity index is 2.08. The van der Waals surface area contributed by atoms with Crippen LogP contribution in [0.1, 0.15) is 6.92 Å². The highest BCUT2D eigenvalue weighted by Crippen LogP contribution is 2.24. The lowest BCUT2D eigenvalue weighted by molar-refractivity contribution is -0.112. The van der Waals surface area contributed by atoms with Gasteiger partial charge in [-0.1, -0.05) is 18.2 Å². The summed E-state index contributed by atoms with van der Waals surface area (Å²) in [6.07, 6.45) is 0. The molecule has 2 aromatic carbocycles. The van der Waals surface area contributed by atoms with Crippen LogP contribution < -0.4 is 10.1 Å². The average Bonchev–Trinajstić information content (AvgIpc) is 2.59. The number of amides is 1. The highest BCUT2D eigenvalue weighted by Gasteiger charge is 2.15. The van der Waals surface area contributed by atoms with E-state index in [1.165, 1.54) is 6.92 Å². The minimum absolute atomic E-state index is 0.235. The van der Waals surface area contributed by atoms with Crippen LogP contribution in [0.15, 0.2) is 72.0 Å². The van der Waals surface area contributed by atoms with Gasteiger partial charge in [0, 0.05) is 10.7 Å². The lowest BCUT2D eigenvalue weighted by atomic mass is 10.1. The predicted octanol–water partition coefficient (Wildman–Crippen LogP) is 4.98. The molecule has 0 aromatic heterocycles. The summed E-state index contributed by atoms with van der Waals surface area (Å²) >= 11 is 5.82. The van der Waals surface area contributed by atoms with Crippen molar-refractivity contribution in [3.05, 3.63) is 77.0 Å². The summed E-state index contributed by atoms with van der Waals surface area (Å²) in [5, 5.41) is 21.9. The summed E-state index contributed by atoms with van der Waals surface area (Å²) < 4.78 is 5.65. The van der Waals surface area contributed by atoms with Crippen LogP contribution in [0.2, 0.25) is 5.02 Å². The minimum Gasteiger partial charge on any atom is -0.506 e. The molecule has 0 saturated heterocycles. The molecule has 0 unspecified atom stereocenters. The molecule has 0 atom stereocenters. The fraction of sp³-hybridized carbons (Fsp3) is 0.0526. The molecule has 0 aliphatic rings. The first-order valence-electron chi connectivity index (χ1n) is 7.24. The number of nitrogens with one attached hydrogen (secondary N) is 1. The van der Waals surface area contributed by atoms with E-state index in [0.29, 0.717) is 22.2 Å². The number of hydrogen-bond donors (Lipinski definition) is 2. The van der Waals surface area contributed by atoms with Crippen molar-refractivity contribution in [1.29, 1.82) is 5.26 Å². The van der Waals surface area contributed by atoms with Gasteiger partial charge in [-0.2, -0.15) is 5.26 Å². The summed E-state index contributed by atoms with van der Waals surface area (Å²) in [7, 11) is 0. The fourth-order valence-corrected chi connectivity index (χ4v) is 1.99. The van der Waals surface area contributed by atoms with E-state index in [4.69, 9.17) is 21.6 Å². The van der Waals surface area contributed by atoms with E-state index >= 15 is 0 Å². The number of hydrogen-bond acceptors (Lipinski definition) is 4. The molecule has 0 aliphatic carbocycles. The number of carbonyl (C=O) groups excluding carboxylic acids is 1. The molecule has 0 fully saturated rings. The Hall–Kier alpha value is -3.23. The van der Waals surface area contributed by atoms with Gasteiger partial charge in [0.05, 0.1) is 0 Å². The first kappa shape index (κ1) is 18.1. The molecular weight excluding hydrogens is 340 g/mol. The van der Waals surface area contributed by atoms with Gasteiger partial charge >= 0.3 is 0 Å². The minimum atomic E-state index is -0.714. The highest BCUT2D eigenvalue weighted by molar-refractivity contribution is 6.30. The number of benzene rings is 2. The van der Waals surface area contributed by atoms with Gasteiger partial charge < -0.3 is 15.2 Å². The van der Waals surface area contributed by atoms with Crippen LogP contribution in [0.5, 0.6) is 11.5 Å². The Morgan fingerprint density at radius 3 is 2.16 bits per heavy atom. The van der Waals surface area contributed by atoms with Gasteiger partial charge in [0.25, 0.3) is 5.91 Å². The van der Waals surface area contributed by atoms with Crippen molar-refractivity contribution < 1.29 is 14.6 Å². The van der Waals surface area contributed by atoms with Crippen molar-refractivity contribution in [3.8, 4) is 17.6 Å². The smallest absolute Gasteiger partial charge is 0.270 e. The molecule has 126 valence electrons. The Morgan fingerprint density at radius 2 is 1.68 bits per heavy atom. The second-order valence-electron chi connectivity index (χ2n) is 5.15. The van der Waals surface area contributed by atoms with Crippen LogP contribution in [0.25, 0.3) is 0 Å². The molecule has 0 saturated carbocycles. The number of halogens is 1.